The van der Waals surface area contributed by atoms with Gasteiger partial charge in [-0.05, 0) is 75.3 Å². The van der Waals surface area contributed by atoms with Crippen LogP contribution in [-0.4, -0.2) is 0 Å². The van der Waals surface area contributed by atoms with Crippen LogP contribution in [0.5, 0.6) is 0 Å². The van der Waals surface area contributed by atoms with E-state index in [2.05, 4.69) is 156 Å². The molecular formula is C79H154. The van der Waals surface area contributed by atoms with Crippen molar-refractivity contribution in [2.45, 2.75) is 378 Å². The fourth-order valence-electron chi connectivity index (χ4n) is 10.4. The van der Waals surface area contributed by atoms with Gasteiger partial charge in [-0.3, -0.25) is 0 Å². The van der Waals surface area contributed by atoms with E-state index in [0.717, 1.165) is 30.1 Å². The average Bonchev–Trinajstić information content (AvgIpc) is 3.40. The van der Waals surface area contributed by atoms with Gasteiger partial charge in [-0.25, -0.2) is 0 Å². The van der Waals surface area contributed by atoms with Crippen LogP contribution in [0.3, 0.4) is 0 Å². The van der Waals surface area contributed by atoms with Gasteiger partial charge in [-0.2, -0.15) is 0 Å². The van der Waals surface area contributed by atoms with E-state index < -0.39 is 0 Å². The Kier molecular flexibility index (Phi) is 78.0. The number of aryl methyl sites for hydroxylation is 4. The molecule has 2 fully saturated rings. The predicted molar refractivity (Wildman–Crippen MR) is 376 cm³/mol. The highest BCUT2D eigenvalue weighted by Gasteiger charge is 2.24. The first kappa shape index (κ1) is 90.4. The van der Waals surface area contributed by atoms with Crippen LogP contribution in [0.4, 0.5) is 0 Å². The lowest BCUT2D eigenvalue weighted by Crippen LogP contribution is -2.19. The molecule has 2 aliphatic rings. The summed E-state index contributed by atoms with van der Waals surface area (Å²) >= 11 is 0. The van der Waals surface area contributed by atoms with Crippen molar-refractivity contribution in [2.75, 3.05) is 0 Å². The molecule has 3 aromatic rings. The minimum atomic E-state index is 0. The summed E-state index contributed by atoms with van der Waals surface area (Å²) in [6.45, 7) is 26.9. The van der Waals surface area contributed by atoms with Crippen LogP contribution in [0.25, 0.3) is 0 Å². The van der Waals surface area contributed by atoms with Crippen LogP contribution in [0, 0.1) is 51.4 Å². The summed E-state index contributed by atoms with van der Waals surface area (Å²) in [5.74, 6) is 4.24. The minimum Gasteiger partial charge on any atom is -0.0776 e. The van der Waals surface area contributed by atoms with Crippen molar-refractivity contribution in [2.24, 2.45) is 23.7 Å². The van der Waals surface area contributed by atoms with Crippen molar-refractivity contribution in [3.05, 3.63) is 106 Å². The molecule has 0 N–H and O–H groups in total. The minimum absolute atomic E-state index is 0. The fourth-order valence-corrected chi connectivity index (χ4v) is 10.4. The Bertz CT molecular complexity index is 1370. The summed E-state index contributed by atoms with van der Waals surface area (Å²) in [5, 5.41) is 0. The Morgan fingerprint density at radius 2 is 0.418 bits per heavy atom. The molecule has 79 heavy (non-hydrogen) atoms. The number of hydrogen-bond acceptors (Lipinski definition) is 0. The molecule has 5 rings (SSSR count). The van der Waals surface area contributed by atoms with E-state index in [-0.39, 0.29) is 44.6 Å². The molecule has 2 aliphatic carbocycles. The summed E-state index contributed by atoms with van der Waals surface area (Å²) in [5.41, 5.74) is 8.06. The third-order valence-electron chi connectivity index (χ3n) is 15.9. The molecule has 470 valence electrons. The first-order valence-electron chi connectivity index (χ1n) is 32.7. The van der Waals surface area contributed by atoms with Crippen molar-refractivity contribution < 1.29 is 0 Å². The SMILES string of the molecule is C.C.C.C.C.C.CC1CCC(CC2CCC(C)CC2)CC1.CCCCCCCCC.CCCCCCCCCCCC.CCCCCCCCCCCCCC.Cc1ccc(C)cc1.Cc1ccc(Cc2ccc(C)cc2)cc1. The zero-order valence-corrected chi connectivity index (χ0v) is 51.8. The highest BCUT2D eigenvalue weighted by atomic mass is 14.3. The van der Waals surface area contributed by atoms with Crippen LogP contribution in [0.15, 0.2) is 72.8 Å². The molecular weight excluding hydrogens is 949 g/mol. The molecule has 0 radical (unpaired) electrons. The highest BCUT2D eigenvalue weighted by Crippen LogP contribution is 2.38. The van der Waals surface area contributed by atoms with Crippen molar-refractivity contribution in [3.63, 3.8) is 0 Å². The summed E-state index contributed by atoms with van der Waals surface area (Å²) < 4.78 is 0. The van der Waals surface area contributed by atoms with E-state index in [0.29, 0.717) is 0 Å². The predicted octanol–water partition coefficient (Wildman–Crippen LogP) is 29.4. The van der Waals surface area contributed by atoms with Gasteiger partial charge in [0.1, 0.15) is 0 Å². The maximum atomic E-state index is 2.43. The molecule has 0 amide bonds. The summed E-state index contributed by atoms with van der Waals surface area (Å²) in [6.07, 6.45) is 56.6. The maximum absolute atomic E-state index is 2.43. The molecule has 0 saturated heterocycles. The topological polar surface area (TPSA) is 0 Å². The normalized spacial score (nSPS) is 15.6. The molecule has 0 bridgehead atoms. The Morgan fingerprint density at radius 1 is 0.253 bits per heavy atom. The summed E-state index contributed by atoms with van der Waals surface area (Å²) in [6, 6.07) is 26.0. The smallest absolute Gasteiger partial charge is 0.00258 e. The van der Waals surface area contributed by atoms with E-state index in [9.17, 15) is 0 Å². The summed E-state index contributed by atoms with van der Waals surface area (Å²) in [4.78, 5) is 0. The zero-order chi connectivity index (χ0) is 53.8. The number of unbranched alkanes of at least 4 members (excludes halogenated alkanes) is 26. The van der Waals surface area contributed by atoms with Crippen LogP contribution in [-0.2, 0) is 6.42 Å². The third-order valence-corrected chi connectivity index (χ3v) is 15.9. The lowest BCUT2D eigenvalue weighted by Gasteiger charge is -2.32. The first-order valence-corrected chi connectivity index (χ1v) is 32.7. The average molecular weight is 1100 g/mol. The molecule has 0 spiro atoms. The Hall–Kier alpha value is -2.34. The van der Waals surface area contributed by atoms with Gasteiger partial charge in [0.2, 0.25) is 0 Å². The monoisotopic (exact) mass is 1100 g/mol. The molecule has 2 saturated carbocycles. The van der Waals surface area contributed by atoms with Crippen molar-refractivity contribution in [1.29, 1.82) is 0 Å². The third kappa shape index (κ3) is 61.6. The number of rotatable bonds is 30. The molecule has 0 unspecified atom stereocenters. The Morgan fingerprint density at radius 3 is 0.595 bits per heavy atom. The van der Waals surface area contributed by atoms with Crippen molar-refractivity contribution in [1.82, 2.24) is 0 Å². The molecule has 0 heteroatoms. The molecule has 0 atom stereocenters. The van der Waals surface area contributed by atoms with E-state index in [4.69, 9.17) is 0 Å². The standard InChI is InChI=1S/C15H28.C15H16.C14H30.C12H26.C9H20.C8H10.6CH4/c2*1-12-3-7-14(8-4-12)11-15-9-5-13(2)6-10-15;1-3-5-7-9-11-13-14-12-10-8-6-4-2;1-3-5-7-9-11-12-10-8-6-4-2;1-3-5-7-9-8-6-4-2;1-7-3-5-8(2)6-4-7;;;;;;/h12-15H,3-11H2,1-2H3;3-10H,11H2,1-2H3;3-14H2,1-2H3;3-12H2,1-2H3;3-9H2,1-2H3;3-6H,1-2H3;6*1H4. The van der Waals surface area contributed by atoms with E-state index in [1.165, 1.54) is 271 Å². The van der Waals surface area contributed by atoms with Crippen LogP contribution in [0.2, 0.25) is 0 Å². The lowest BCUT2D eigenvalue weighted by molar-refractivity contribution is 0.201. The molecule has 0 aromatic heterocycles. The first-order chi connectivity index (χ1) is 35.5. The lowest BCUT2D eigenvalue weighted by atomic mass is 9.74. The van der Waals surface area contributed by atoms with Gasteiger partial charge in [0.25, 0.3) is 0 Å². The van der Waals surface area contributed by atoms with Crippen molar-refractivity contribution in [3.8, 4) is 0 Å². The maximum Gasteiger partial charge on any atom is -0.00258 e. The van der Waals surface area contributed by atoms with Gasteiger partial charge in [0.15, 0.2) is 0 Å². The fraction of sp³-hybridized carbons (Fsp3) is 0.772. The van der Waals surface area contributed by atoms with Gasteiger partial charge >= 0.3 is 0 Å². The second-order valence-electron chi connectivity index (χ2n) is 23.9. The van der Waals surface area contributed by atoms with Gasteiger partial charge in [0, 0.05) is 0 Å². The molecule has 0 nitrogen and oxygen atoms in total. The van der Waals surface area contributed by atoms with E-state index >= 15 is 0 Å². The Labute approximate surface area is 505 Å². The number of hydrogen-bond donors (Lipinski definition) is 0. The van der Waals surface area contributed by atoms with E-state index in [1.807, 2.05) is 0 Å². The van der Waals surface area contributed by atoms with Gasteiger partial charge in [-0.1, -0.05) is 433 Å². The zero-order valence-electron chi connectivity index (χ0n) is 51.8. The largest absolute Gasteiger partial charge is 0.0776 e. The second-order valence-corrected chi connectivity index (χ2v) is 23.9. The van der Waals surface area contributed by atoms with Gasteiger partial charge in [0.05, 0.1) is 0 Å². The van der Waals surface area contributed by atoms with Gasteiger partial charge < -0.3 is 0 Å². The Balaban J connectivity index is -0.000000157. The van der Waals surface area contributed by atoms with Crippen molar-refractivity contribution >= 4 is 0 Å². The highest BCUT2D eigenvalue weighted by molar-refractivity contribution is 5.29. The van der Waals surface area contributed by atoms with Crippen LogP contribution < -0.4 is 0 Å². The van der Waals surface area contributed by atoms with Crippen LogP contribution in [0.1, 0.15) is 377 Å². The second kappa shape index (κ2) is 68.2. The molecule has 0 aliphatic heterocycles. The molecule has 3 aromatic carbocycles. The summed E-state index contributed by atoms with van der Waals surface area (Å²) in [7, 11) is 0. The number of benzene rings is 3. The van der Waals surface area contributed by atoms with Crippen LogP contribution >= 0.6 is 0 Å². The van der Waals surface area contributed by atoms with Gasteiger partial charge in [-0.15, -0.1) is 0 Å². The quantitative estimate of drug-likeness (QED) is 0.0584. The van der Waals surface area contributed by atoms with E-state index in [1.54, 1.807) is 6.42 Å². The molecule has 0 heterocycles.